The lowest BCUT2D eigenvalue weighted by molar-refractivity contribution is 0.0955. The number of halogens is 1. The summed E-state index contributed by atoms with van der Waals surface area (Å²) in [5.41, 5.74) is 3.71. The molecule has 114 valence electrons. The normalized spacial score (nSPS) is 10.6. The number of hydrazone groups is 1. The molecule has 0 radical (unpaired) electrons. The number of amides is 1. The van der Waals surface area contributed by atoms with Gasteiger partial charge in [0.05, 0.1) is 12.8 Å². The van der Waals surface area contributed by atoms with Crippen LogP contribution < -0.4 is 10.2 Å². The SMILES string of the molecule is CCOc1cc(/C=N\NC(=O)c2ccc(I)cc2)ccc1O. The number of aromatic hydroxyl groups is 1. The zero-order valence-electron chi connectivity index (χ0n) is 11.9. The van der Waals surface area contributed by atoms with Crippen LogP contribution in [0, 0.1) is 3.57 Å². The van der Waals surface area contributed by atoms with Crippen LogP contribution in [-0.4, -0.2) is 23.8 Å². The molecule has 5 nitrogen and oxygen atoms in total. The maximum atomic E-state index is 11.9. The number of benzene rings is 2. The molecular formula is C16H15IN2O3. The van der Waals surface area contributed by atoms with Crippen molar-refractivity contribution in [2.75, 3.05) is 6.61 Å². The first-order valence-corrected chi connectivity index (χ1v) is 7.73. The minimum atomic E-state index is -0.281. The highest BCUT2D eigenvalue weighted by Crippen LogP contribution is 2.26. The van der Waals surface area contributed by atoms with Crippen LogP contribution in [0.4, 0.5) is 0 Å². The highest BCUT2D eigenvalue weighted by Gasteiger charge is 2.04. The number of rotatable bonds is 5. The van der Waals surface area contributed by atoms with E-state index in [4.69, 9.17) is 4.74 Å². The standard InChI is InChI=1S/C16H15IN2O3/c1-2-22-15-9-11(3-8-14(15)20)10-18-19-16(21)12-4-6-13(17)7-5-12/h3-10,20H,2H2,1H3,(H,19,21)/b18-10-. The smallest absolute Gasteiger partial charge is 0.271 e. The van der Waals surface area contributed by atoms with Gasteiger partial charge >= 0.3 is 0 Å². The van der Waals surface area contributed by atoms with Crippen LogP contribution in [0.2, 0.25) is 0 Å². The van der Waals surface area contributed by atoms with Gasteiger partial charge in [0.25, 0.3) is 5.91 Å². The van der Waals surface area contributed by atoms with E-state index in [1.807, 2.05) is 19.1 Å². The fraction of sp³-hybridized carbons (Fsp3) is 0.125. The monoisotopic (exact) mass is 410 g/mol. The number of phenols is 1. The van der Waals surface area contributed by atoms with E-state index in [1.54, 1.807) is 24.3 Å². The minimum absolute atomic E-state index is 0.0712. The van der Waals surface area contributed by atoms with Crippen molar-refractivity contribution < 1.29 is 14.6 Å². The van der Waals surface area contributed by atoms with Crippen molar-refractivity contribution in [3.05, 3.63) is 57.2 Å². The van der Waals surface area contributed by atoms with Crippen molar-refractivity contribution in [2.24, 2.45) is 5.10 Å². The Balaban J connectivity index is 2.01. The summed E-state index contributed by atoms with van der Waals surface area (Å²) in [7, 11) is 0. The number of carbonyl (C=O) groups is 1. The fourth-order valence-corrected chi connectivity index (χ4v) is 2.07. The summed E-state index contributed by atoms with van der Waals surface area (Å²) >= 11 is 2.18. The molecule has 0 aromatic heterocycles. The molecule has 1 amide bonds. The van der Waals surface area contributed by atoms with Gasteiger partial charge in [-0.3, -0.25) is 4.79 Å². The van der Waals surface area contributed by atoms with Gasteiger partial charge in [0.1, 0.15) is 0 Å². The largest absolute Gasteiger partial charge is 0.504 e. The van der Waals surface area contributed by atoms with E-state index in [2.05, 4.69) is 33.1 Å². The van der Waals surface area contributed by atoms with Gasteiger partial charge in [-0.1, -0.05) is 0 Å². The predicted octanol–water partition coefficient (Wildman–Crippen LogP) is 3.16. The molecule has 2 aromatic carbocycles. The molecule has 0 heterocycles. The molecular weight excluding hydrogens is 395 g/mol. The van der Waals surface area contributed by atoms with E-state index < -0.39 is 0 Å². The van der Waals surface area contributed by atoms with Crippen LogP contribution in [0.25, 0.3) is 0 Å². The average Bonchev–Trinajstić information content (AvgIpc) is 2.51. The summed E-state index contributed by atoms with van der Waals surface area (Å²) in [6, 6.07) is 12.0. The molecule has 2 N–H and O–H groups in total. The quantitative estimate of drug-likeness (QED) is 0.452. The second-order valence-corrected chi connectivity index (χ2v) is 5.61. The van der Waals surface area contributed by atoms with Crippen molar-refractivity contribution >= 4 is 34.7 Å². The highest BCUT2D eigenvalue weighted by atomic mass is 127. The first kappa shape index (κ1) is 16.3. The molecule has 0 aliphatic rings. The molecule has 0 saturated carbocycles. The number of hydrogen-bond donors (Lipinski definition) is 2. The molecule has 0 bridgehead atoms. The third-order valence-electron chi connectivity index (χ3n) is 2.77. The summed E-state index contributed by atoms with van der Waals surface area (Å²) < 4.78 is 6.35. The lowest BCUT2D eigenvalue weighted by Gasteiger charge is -2.06. The number of hydrogen-bond acceptors (Lipinski definition) is 4. The molecule has 2 aromatic rings. The van der Waals surface area contributed by atoms with E-state index in [0.717, 1.165) is 3.57 Å². The van der Waals surface area contributed by atoms with Gasteiger partial charge in [-0.05, 0) is 77.5 Å². The summed E-state index contributed by atoms with van der Waals surface area (Å²) in [5.74, 6) is 0.175. The lowest BCUT2D eigenvalue weighted by Crippen LogP contribution is -2.17. The van der Waals surface area contributed by atoms with Gasteiger partial charge in [0.15, 0.2) is 11.5 Å². The molecule has 0 fully saturated rings. The van der Waals surface area contributed by atoms with Crippen LogP contribution in [0.3, 0.4) is 0 Å². The Bertz CT molecular complexity index is 684. The predicted molar refractivity (Wildman–Crippen MR) is 93.5 cm³/mol. The Hall–Kier alpha value is -2.09. The van der Waals surface area contributed by atoms with Crippen molar-refractivity contribution in [1.29, 1.82) is 0 Å². The lowest BCUT2D eigenvalue weighted by atomic mass is 10.2. The maximum absolute atomic E-state index is 11.9. The first-order chi connectivity index (χ1) is 10.6. The Morgan fingerprint density at radius 1 is 1.32 bits per heavy atom. The van der Waals surface area contributed by atoms with E-state index in [-0.39, 0.29) is 11.7 Å². The molecule has 6 heteroatoms. The van der Waals surface area contributed by atoms with E-state index >= 15 is 0 Å². The summed E-state index contributed by atoms with van der Waals surface area (Å²) in [4.78, 5) is 11.9. The number of phenolic OH excluding ortho intramolecular Hbond substituents is 1. The Morgan fingerprint density at radius 3 is 2.73 bits per heavy atom. The van der Waals surface area contributed by atoms with Gasteiger partial charge in [-0.25, -0.2) is 5.43 Å². The number of nitrogens with zero attached hydrogens (tertiary/aromatic N) is 1. The second-order valence-electron chi connectivity index (χ2n) is 4.37. The molecule has 0 spiro atoms. The van der Waals surface area contributed by atoms with Crippen LogP contribution >= 0.6 is 22.6 Å². The Labute approximate surface area is 142 Å². The Morgan fingerprint density at radius 2 is 2.05 bits per heavy atom. The van der Waals surface area contributed by atoms with Gasteiger partial charge < -0.3 is 9.84 Å². The van der Waals surface area contributed by atoms with Crippen LogP contribution in [0.1, 0.15) is 22.8 Å². The highest BCUT2D eigenvalue weighted by molar-refractivity contribution is 14.1. The first-order valence-electron chi connectivity index (χ1n) is 6.65. The van der Waals surface area contributed by atoms with Gasteiger partial charge in [-0.15, -0.1) is 0 Å². The van der Waals surface area contributed by atoms with E-state index in [9.17, 15) is 9.90 Å². The van der Waals surface area contributed by atoms with Crippen molar-refractivity contribution in [3.63, 3.8) is 0 Å². The molecule has 0 atom stereocenters. The minimum Gasteiger partial charge on any atom is -0.504 e. The van der Waals surface area contributed by atoms with Gasteiger partial charge in [0, 0.05) is 9.13 Å². The maximum Gasteiger partial charge on any atom is 0.271 e. The van der Waals surface area contributed by atoms with Crippen molar-refractivity contribution in [2.45, 2.75) is 6.92 Å². The van der Waals surface area contributed by atoms with Crippen molar-refractivity contribution in [1.82, 2.24) is 5.43 Å². The number of ether oxygens (including phenoxy) is 1. The molecule has 0 saturated heterocycles. The van der Waals surface area contributed by atoms with Gasteiger partial charge in [0.2, 0.25) is 0 Å². The molecule has 22 heavy (non-hydrogen) atoms. The number of carbonyl (C=O) groups excluding carboxylic acids is 1. The third-order valence-corrected chi connectivity index (χ3v) is 3.49. The molecule has 0 unspecified atom stereocenters. The van der Waals surface area contributed by atoms with Crippen LogP contribution in [0.5, 0.6) is 11.5 Å². The molecule has 2 rings (SSSR count). The summed E-state index contributed by atoms with van der Waals surface area (Å²) in [6.45, 7) is 2.29. The summed E-state index contributed by atoms with van der Waals surface area (Å²) in [5, 5.41) is 13.5. The van der Waals surface area contributed by atoms with Crippen LogP contribution in [-0.2, 0) is 0 Å². The van der Waals surface area contributed by atoms with Crippen LogP contribution in [0.15, 0.2) is 47.6 Å². The molecule has 0 aliphatic carbocycles. The third kappa shape index (κ3) is 4.45. The van der Waals surface area contributed by atoms with Gasteiger partial charge in [-0.2, -0.15) is 5.10 Å². The topological polar surface area (TPSA) is 70.9 Å². The zero-order valence-corrected chi connectivity index (χ0v) is 14.1. The van der Waals surface area contributed by atoms with Crippen molar-refractivity contribution in [3.8, 4) is 11.5 Å². The van der Waals surface area contributed by atoms with E-state index in [0.29, 0.717) is 23.5 Å². The zero-order chi connectivity index (χ0) is 15.9. The summed E-state index contributed by atoms with van der Waals surface area (Å²) in [6.07, 6.45) is 1.49. The number of nitrogens with one attached hydrogen (secondary N) is 1. The Kier molecular flexibility index (Phi) is 5.76. The average molecular weight is 410 g/mol. The van der Waals surface area contributed by atoms with E-state index in [1.165, 1.54) is 12.3 Å². The second kappa shape index (κ2) is 7.79. The fourth-order valence-electron chi connectivity index (χ4n) is 1.71. The molecule has 0 aliphatic heterocycles.